The highest BCUT2D eigenvalue weighted by Gasteiger charge is 2.05. The van der Waals surface area contributed by atoms with E-state index in [-0.39, 0.29) is 0 Å². The van der Waals surface area contributed by atoms with Crippen LogP contribution in [0.15, 0.2) is 0 Å². The third-order valence-electron chi connectivity index (χ3n) is 2.42. The Balaban J connectivity index is 2.45. The standard InChI is InChI=1S/C11H21N3/c1-8(2)6-5-7-10-9(3)13-11(12-4)14-10/h8H,5-7H2,1-4H3,(H2,12,13,14). The molecule has 0 radical (unpaired) electrons. The number of aromatic nitrogens is 2. The van der Waals surface area contributed by atoms with Crippen molar-refractivity contribution in [1.82, 2.24) is 9.97 Å². The predicted molar refractivity (Wildman–Crippen MR) is 60.6 cm³/mol. The summed E-state index contributed by atoms with van der Waals surface area (Å²) >= 11 is 0. The molecule has 2 N–H and O–H groups in total. The Morgan fingerprint density at radius 2 is 2.14 bits per heavy atom. The van der Waals surface area contributed by atoms with Crippen LogP contribution in [-0.4, -0.2) is 17.0 Å². The van der Waals surface area contributed by atoms with Gasteiger partial charge in [0, 0.05) is 12.7 Å². The van der Waals surface area contributed by atoms with E-state index in [4.69, 9.17) is 0 Å². The van der Waals surface area contributed by atoms with Crippen LogP contribution >= 0.6 is 0 Å². The van der Waals surface area contributed by atoms with Gasteiger partial charge in [-0.3, -0.25) is 0 Å². The molecule has 0 aromatic carbocycles. The molecule has 0 unspecified atom stereocenters. The fourth-order valence-corrected chi connectivity index (χ4v) is 1.54. The SMILES string of the molecule is CNc1nc(CCCC(C)C)c(C)[nH]1. The van der Waals surface area contributed by atoms with Gasteiger partial charge in [-0.1, -0.05) is 20.3 Å². The van der Waals surface area contributed by atoms with Gasteiger partial charge in [0.05, 0.1) is 5.69 Å². The summed E-state index contributed by atoms with van der Waals surface area (Å²) in [5.74, 6) is 1.67. The molecule has 0 fully saturated rings. The highest BCUT2D eigenvalue weighted by molar-refractivity contribution is 5.29. The topological polar surface area (TPSA) is 40.7 Å². The number of imidazole rings is 1. The molecule has 0 saturated heterocycles. The van der Waals surface area contributed by atoms with Crippen molar-refractivity contribution >= 4 is 5.95 Å². The van der Waals surface area contributed by atoms with Gasteiger partial charge in [-0.15, -0.1) is 0 Å². The van der Waals surface area contributed by atoms with Crippen molar-refractivity contribution in [3.05, 3.63) is 11.4 Å². The molecular formula is C11H21N3. The van der Waals surface area contributed by atoms with Crippen LogP contribution in [0.5, 0.6) is 0 Å². The first-order chi connectivity index (χ1) is 6.63. The normalized spacial score (nSPS) is 10.9. The highest BCUT2D eigenvalue weighted by atomic mass is 15.1. The van der Waals surface area contributed by atoms with E-state index < -0.39 is 0 Å². The van der Waals surface area contributed by atoms with E-state index in [1.165, 1.54) is 24.2 Å². The van der Waals surface area contributed by atoms with Gasteiger partial charge < -0.3 is 10.3 Å². The van der Waals surface area contributed by atoms with Crippen LogP contribution in [0, 0.1) is 12.8 Å². The van der Waals surface area contributed by atoms with Gasteiger partial charge in [0.1, 0.15) is 0 Å². The van der Waals surface area contributed by atoms with Crippen LogP contribution in [-0.2, 0) is 6.42 Å². The lowest BCUT2D eigenvalue weighted by Crippen LogP contribution is -1.93. The molecule has 0 bridgehead atoms. The van der Waals surface area contributed by atoms with Crippen molar-refractivity contribution in [2.24, 2.45) is 5.92 Å². The lowest BCUT2D eigenvalue weighted by molar-refractivity contribution is 0.553. The van der Waals surface area contributed by atoms with Gasteiger partial charge in [-0.2, -0.15) is 0 Å². The molecule has 1 rings (SSSR count). The van der Waals surface area contributed by atoms with Crippen LogP contribution in [0.1, 0.15) is 38.1 Å². The van der Waals surface area contributed by atoms with Crippen LogP contribution < -0.4 is 5.32 Å². The monoisotopic (exact) mass is 195 g/mol. The molecule has 14 heavy (non-hydrogen) atoms. The smallest absolute Gasteiger partial charge is 0.200 e. The lowest BCUT2D eigenvalue weighted by Gasteiger charge is -2.02. The van der Waals surface area contributed by atoms with Crippen LogP contribution in [0.3, 0.4) is 0 Å². The fraction of sp³-hybridized carbons (Fsp3) is 0.727. The Morgan fingerprint density at radius 3 is 2.64 bits per heavy atom. The molecule has 1 aromatic rings. The van der Waals surface area contributed by atoms with E-state index in [1.807, 2.05) is 7.05 Å². The van der Waals surface area contributed by atoms with Crippen molar-refractivity contribution in [3.8, 4) is 0 Å². The molecule has 0 amide bonds. The van der Waals surface area contributed by atoms with E-state index in [1.54, 1.807) is 0 Å². The van der Waals surface area contributed by atoms with Gasteiger partial charge in [0.25, 0.3) is 0 Å². The third kappa shape index (κ3) is 3.05. The maximum absolute atomic E-state index is 4.46. The Labute approximate surface area is 86.3 Å². The minimum atomic E-state index is 0.790. The molecule has 3 heteroatoms. The van der Waals surface area contributed by atoms with E-state index in [0.717, 1.165) is 18.3 Å². The Bertz CT molecular complexity index is 276. The van der Waals surface area contributed by atoms with Crippen molar-refractivity contribution in [1.29, 1.82) is 0 Å². The first-order valence-electron chi connectivity index (χ1n) is 5.36. The summed E-state index contributed by atoms with van der Waals surface area (Å²) in [4.78, 5) is 7.67. The summed E-state index contributed by atoms with van der Waals surface area (Å²) < 4.78 is 0. The lowest BCUT2D eigenvalue weighted by atomic mass is 10.1. The quantitative estimate of drug-likeness (QED) is 0.758. The number of nitrogens with zero attached hydrogens (tertiary/aromatic N) is 1. The maximum Gasteiger partial charge on any atom is 0.200 e. The molecule has 0 atom stereocenters. The summed E-state index contributed by atoms with van der Waals surface area (Å²) in [5, 5.41) is 3.02. The van der Waals surface area contributed by atoms with Gasteiger partial charge in [-0.05, 0) is 25.7 Å². The van der Waals surface area contributed by atoms with Crippen molar-refractivity contribution in [3.63, 3.8) is 0 Å². The van der Waals surface area contributed by atoms with E-state index >= 15 is 0 Å². The molecule has 0 aliphatic carbocycles. The third-order valence-corrected chi connectivity index (χ3v) is 2.42. The number of hydrogen-bond acceptors (Lipinski definition) is 2. The molecule has 0 saturated carbocycles. The number of hydrogen-bond donors (Lipinski definition) is 2. The Hall–Kier alpha value is -0.990. The molecule has 1 aromatic heterocycles. The minimum Gasteiger partial charge on any atom is -0.359 e. The van der Waals surface area contributed by atoms with Gasteiger partial charge in [-0.25, -0.2) is 4.98 Å². The first kappa shape index (κ1) is 11.1. The largest absolute Gasteiger partial charge is 0.359 e. The number of aromatic amines is 1. The maximum atomic E-state index is 4.46. The minimum absolute atomic E-state index is 0.790. The Kier molecular flexibility index (Phi) is 3.98. The number of nitrogens with one attached hydrogen (secondary N) is 2. The zero-order chi connectivity index (χ0) is 10.6. The first-order valence-corrected chi connectivity index (χ1v) is 5.36. The summed E-state index contributed by atoms with van der Waals surface area (Å²) in [6.45, 7) is 6.60. The fourth-order valence-electron chi connectivity index (χ4n) is 1.54. The highest BCUT2D eigenvalue weighted by Crippen LogP contribution is 2.13. The summed E-state index contributed by atoms with van der Waals surface area (Å²) in [6, 6.07) is 0. The van der Waals surface area contributed by atoms with Crippen LogP contribution in [0.25, 0.3) is 0 Å². The molecule has 1 heterocycles. The second-order valence-electron chi connectivity index (χ2n) is 4.19. The number of H-pyrrole nitrogens is 1. The molecule has 0 aliphatic rings. The second-order valence-corrected chi connectivity index (χ2v) is 4.19. The molecule has 0 spiro atoms. The molecular weight excluding hydrogens is 174 g/mol. The van der Waals surface area contributed by atoms with Crippen LogP contribution in [0.2, 0.25) is 0 Å². The van der Waals surface area contributed by atoms with E-state index in [2.05, 4.69) is 36.1 Å². The van der Waals surface area contributed by atoms with E-state index in [9.17, 15) is 0 Å². The van der Waals surface area contributed by atoms with E-state index in [0.29, 0.717) is 0 Å². The second kappa shape index (κ2) is 5.03. The Morgan fingerprint density at radius 1 is 1.43 bits per heavy atom. The van der Waals surface area contributed by atoms with Crippen molar-refractivity contribution in [2.45, 2.75) is 40.0 Å². The summed E-state index contributed by atoms with van der Waals surface area (Å²) in [5.41, 5.74) is 2.40. The molecule has 0 aliphatic heterocycles. The van der Waals surface area contributed by atoms with Crippen molar-refractivity contribution in [2.75, 3.05) is 12.4 Å². The van der Waals surface area contributed by atoms with Crippen molar-refractivity contribution < 1.29 is 0 Å². The molecule has 3 nitrogen and oxygen atoms in total. The van der Waals surface area contributed by atoms with Gasteiger partial charge in [0.2, 0.25) is 0 Å². The molecule has 80 valence electrons. The number of rotatable bonds is 5. The average molecular weight is 195 g/mol. The zero-order valence-corrected chi connectivity index (χ0v) is 9.65. The van der Waals surface area contributed by atoms with Crippen LogP contribution in [0.4, 0.5) is 5.95 Å². The summed E-state index contributed by atoms with van der Waals surface area (Å²) in [6.07, 6.45) is 3.59. The van der Waals surface area contributed by atoms with Gasteiger partial charge >= 0.3 is 0 Å². The number of anilines is 1. The zero-order valence-electron chi connectivity index (χ0n) is 9.65. The predicted octanol–water partition coefficient (Wildman–Crippen LogP) is 2.74. The average Bonchev–Trinajstić information content (AvgIpc) is 2.47. The summed E-state index contributed by atoms with van der Waals surface area (Å²) in [7, 11) is 1.89. The van der Waals surface area contributed by atoms with Gasteiger partial charge in [0.15, 0.2) is 5.95 Å². The number of aryl methyl sites for hydroxylation is 2.